The van der Waals surface area contributed by atoms with Gasteiger partial charge in [0.05, 0.1) is 28.6 Å². The van der Waals surface area contributed by atoms with Crippen LogP contribution in [-0.4, -0.2) is 39.9 Å². The molecule has 11 heteroatoms. The molecule has 4 amide bonds. The summed E-state index contributed by atoms with van der Waals surface area (Å²) in [5.74, 6) is 0.465. The van der Waals surface area contributed by atoms with E-state index >= 15 is 0 Å². The molecule has 1 aromatic carbocycles. The van der Waals surface area contributed by atoms with E-state index in [1.807, 2.05) is 30.3 Å². The fourth-order valence-electron chi connectivity index (χ4n) is 4.96. The number of pyridine rings is 2. The Morgan fingerprint density at radius 3 is 2.62 bits per heavy atom. The summed E-state index contributed by atoms with van der Waals surface area (Å²) in [6.45, 7) is 3.50. The van der Waals surface area contributed by atoms with E-state index in [-0.39, 0.29) is 23.9 Å². The van der Waals surface area contributed by atoms with Crippen LogP contribution in [0.2, 0.25) is 0 Å². The lowest BCUT2D eigenvalue weighted by Gasteiger charge is -2.28. The van der Waals surface area contributed by atoms with Crippen LogP contribution in [0, 0.1) is 0 Å². The van der Waals surface area contributed by atoms with Crippen LogP contribution in [0.1, 0.15) is 28.9 Å². The van der Waals surface area contributed by atoms with E-state index in [9.17, 15) is 14.4 Å². The second-order valence-corrected chi connectivity index (χ2v) is 10.2. The lowest BCUT2D eigenvalue weighted by Crippen LogP contribution is -2.48. The Balaban J connectivity index is 1.27. The molecule has 10 nitrogen and oxygen atoms in total. The summed E-state index contributed by atoms with van der Waals surface area (Å²) in [5, 5.41) is 9.50. The standard InChI is InChI=1S/C28H24N6O4S/c1-2-21(35)31-18-9-6-10-19(18)32-26(36)25-24-23-20(13-14-29-27(23)39-25)34(28(37)33-24)16-11-12-22(30-15-16)38-17-7-4-3-5-8-17/h2-5,7-8,11-15,18-19H,1,6,9-10H2,(H,31,35)(H,32,36)(H,33,37)/t18-,19+/m0/s1. The number of rotatable bonds is 7. The van der Waals surface area contributed by atoms with Crippen LogP contribution in [0.25, 0.3) is 10.2 Å². The van der Waals surface area contributed by atoms with Gasteiger partial charge >= 0.3 is 6.03 Å². The van der Waals surface area contributed by atoms with E-state index in [4.69, 9.17) is 4.74 Å². The molecule has 1 saturated carbocycles. The van der Waals surface area contributed by atoms with Gasteiger partial charge in [-0.1, -0.05) is 24.8 Å². The summed E-state index contributed by atoms with van der Waals surface area (Å²) in [7, 11) is 0. The highest BCUT2D eigenvalue weighted by molar-refractivity contribution is 7.21. The van der Waals surface area contributed by atoms with Crippen LogP contribution in [-0.2, 0) is 4.79 Å². The SMILES string of the molecule is C=CC(=O)N[C@H]1CCC[C@H]1NC(=O)c1sc2nccc3c2c1NC(=O)N3c1ccc(Oc2ccccc2)nc1. The maximum Gasteiger partial charge on any atom is 0.331 e. The van der Waals surface area contributed by atoms with Crippen molar-refractivity contribution in [2.75, 3.05) is 10.2 Å². The molecule has 0 saturated heterocycles. The first-order valence-corrected chi connectivity index (χ1v) is 13.3. The summed E-state index contributed by atoms with van der Waals surface area (Å²) >= 11 is 1.21. The fraction of sp³-hybridized carbons (Fsp3) is 0.179. The van der Waals surface area contributed by atoms with E-state index in [1.54, 1.807) is 30.6 Å². The molecule has 1 aliphatic carbocycles. The maximum atomic E-state index is 13.4. The zero-order valence-electron chi connectivity index (χ0n) is 20.7. The van der Waals surface area contributed by atoms with Crippen LogP contribution in [0.5, 0.6) is 11.6 Å². The number of thiophene rings is 1. The molecule has 3 aromatic heterocycles. The number of benzene rings is 1. The van der Waals surface area contributed by atoms with Gasteiger partial charge in [0.1, 0.15) is 15.5 Å². The molecule has 0 radical (unpaired) electrons. The lowest BCUT2D eigenvalue weighted by atomic mass is 10.1. The zero-order valence-corrected chi connectivity index (χ0v) is 21.5. The molecule has 0 spiro atoms. The van der Waals surface area contributed by atoms with Gasteiger partial charge in [0.25, 0.3) is 5.91 Å². The van der Waals surface area contributed by atoms with Gasteiger partial charge in [-0.15, -0.1) is 11.3 Å². The van der Waals surface area contributed by atoms with Crippen LogP contribution in [0.3, 0.4) is 0 Å². The quantitative estimate of drug-likeness (QED) is 0.280. The summed E-state index contributed by atoms with van der Waals surface area (Å²) in [5.41, 5.74) is 1.57. The first kappa shape index (κ1) is 24.6. The van der Waals surface area contributed by atoms with Crippen LogP contribution >= 0.6 is 11.3 Å². The van der Waals surface area contributed by atoms with Crippen molar-refractivity contribution in [3.63, 3.8) is 0 Å². The third-order valence-electron chi connectivity index (χ3n) is 6.74. The first-order chi connectivity index (χ1) is 19.0. The van der Waals surface area contributed by atoms with Crippen molar-refractivity contribution in [2.24, 2.45) is 0 Å². The molecule has 2 atom stereocenters. The summed E-state index contributed by atoms with van der Waals surface area (Å²) in [6, 6.07) is 13.7. The van der Waals surface area contributed by atoms with Crippen molar-refractivity contribution in [1.29, 1.82) is 0 Å². The van der Waals surface area contributed by atoms with Gasteiger partial charge in [0.2, 0.25) is 11.8 Å². The number of aromatic nitrogens is 2. The van der Waals surface area contributed by atoms with Crippen LogP contribution in [0.15, 0.2) is 73.6 Å². The molecule has 4 aromatic rings. The largest absolute Gasteiger partial charge is 0.439 e. The fourth-order valence-corrected chi connectivity index (χ4v) is 5.98. The van der Waals surface area contributed by atoms with E-state index < -0.39 is 6.03 Å². The number of anilines is 3. The Kier molecular flexibility index (Phi) is 6.41. The molecule has 0 bridgehead atoms. The number of hydrogen-bond donors (Lipinski definition) is 3. The lowest BCUT2D eigenvalue weighted by molar-refractivity contribution is -0.117. The smallest absolute Gasteiger partial charge is 0.331 e. The van der Waals surface area contributed by atoms with E-state index in [0.717, 1.165) is 19.3 Å². The number of carbonyl (C=O) groups excluding carboxylic acids is 3. The Morgan fingerprint density at radius 1 is 1.08 bits per heavy atom. The number of nitrogens with zero attached hydrogens (tertiary/aromatic N) is 3. The minimum absolute atomic E-state index is 0.176. The molecule has 6 rings (SSSR count). The average Bonchev–Trinajstić information content (AvgIpc) is 3.54. The number of ether oxygens (including phenoxy) is 1. The molecule has 2 aliphatic rings. The highest BCUT2D eigenvalue weighted by atomic mass is 32.1. The average molecular weight is 541 g/mol. The minimum atomic E-state index is -0.419. The number of carbonyl (C=O) groups is 3. The molecule has 3 N–H and O–H groups in total. The van der Waals surface area contributed by atoms with E-state index in [2.05, 4.69) is 32.5 Å². The van der Waals surface area contributed by atoms with Crippen molar-refractivity contribution >= 4 is 56.5 Å². The monoisotopic (exact) mass is 540 g/mol. The number of nitrogens with one attached hydrogen (secondary N) is 3. The normalized spacial score (nSPS) is 17.9. The van der Waals surface area contributed by atoms with Crippen molar-refractivity contribution in [3.05, 3.63) is 78.5 Å². The van der Waals surface area contributed by atoms with Crippen molar-refractivity contribution in [1.82, 2.24) is 20.6 Å². The Morgan fingerprint density at radius 2 is 1.87 bits per heavy atom. The van der Waals surface area contributed by atoms with E-state index in [0.29, 0.717) is 43.8 Å². The molecule has 4 heterocycles. The zero-order chi connectivity index (χ0) is 26.9. The summed E-state index contributed by atoms with van der Waals surface area (Å²) in [6.07, 6.45) is 6.80. The van der Waals surface area contributed by atoms with Crippen molar-refractivity contribution in [3.8, 4) is 11.6 Å². The van der Waals surface area contributed by atoms with Crippen molar-refractivity contribution < 1.29 is 19.1 Å². The summed E-state index contributed by atoms with van der Waals surface area (Å²) in [4.78, 5) is 49.9. The topological polar surface area (TPSA) is 126 Å². The van der Waals surface area contributed by atoms with Gasteiger partial charge in [-0.3, -0.25) is 14.5 Å². The molecule has 196 valence electrons. The van der Waals surface area contributed by atoms with Gasteiger partial charge < -0.3 is 20.7 Å². The number of amides is 4. The minimum Gasteiger partial charge on any atom is -0.439 e. The molecular formula is C28H24N6O4S. The van der Waals surface area contributed by atoms with Crippen LogP contribution < -0.4 is 25.6 Å². The van der Waals surface area contributed by atoms with Gasteiger partial charge in [-0.05, 0) is 49.6 Å². The third-order valence-corrected chi connectivity index (χ3v) is 7.84. The predicted molar refractivity (Wildman–Crippen MR) is 149 cm³/mol. The Labute approximate surface area is 227 Å². The number of para-hydroxylation sites is 1. The predicted octanol–water partition coefficient (Wildman–Crippen LogP) is 5.12. The van der Waals surface area contributed by atoms with Gasteiger partial charge in [-0.2, -0.15) is 0 Å². The summed E-state index contributed by atoms with van der Waals surface area (Å²) < 4.78 is 5.77. The van der Waals surface area contributed by atoms with Gasteiger partial charge in [-0.25, -0.2) is 14.8 Å². The van der Waals surface area contributed by atoms with Gasteiger partial charge in [0, 0.05) is 24.3 Å². The third kappa shape index (κ3) is 4.68. The molecule has 0 unspecified atom stereocenters. The maximum absolute atomic E-state index is 13.4. The second-order valence-electron chi connectivity index (χ2n) is 9.18. The Bertz CT molecular complexity index is 1590. The molecule has 1 aliphatic heterocycles. The molecule has 1 fully saturated rings. The Hall–Kier alpha value is -4.77. The number of urea groups is 1. The first-order valence-electron chi connectivity index (χ1n) is 12.5. The number of hydrogen-bond acceptors (Lipinski definition) is 7. The molecule has 39 heavy (non-hydrogen) atoms. The highest BCUT2D eigenvalue weighted by Gasteiger charge is 2.35. The second kappa shape index (κ2) is 10.2. The highest BCUT2D eigenvalue weighted by Crippen LogP contribution is 2.45. The van der Waals surface area contributed by atoms with E-state index in [1.165, 1.54) is 22.3 Å². The van der Waals surface area contributed by atoms with Crippen LogP contribution in [0.4, 0.5) is 21.9 Å². The van der Waals surface area contributed by atoms with Crippen molar-refractivity contribution in [2.45, 2.75) is 31.3 Å². The molecular weight excluding hydrogens is 516 g/mol. The van der Waals surface area contributed by atoms with Gasteiger partial charge in [0.15, 0.2) is 0 Å².